The van der Waals surface area contributed by atoms with Gasteiger partial charge in [-0.05, 0) is 83.7 Å². The smallest absolute Gasteiger partial charge is 0.217 e. The van der Waals surface area contributed by atoms with Crippen LogP contribution in [0.2, 0.25) is 0 Å². The molecule has 0 saturated carbocycles. The molecule has 4 aromatic carbocycles. The molecule has 3 heteroatoms. The molecule has 1 heterocycles. The molecule has 1 aliphatic heterocycles. The zero-order valence-electron chi connectivity index (χ0n) is 29.0. The van der Waals surface area contributed by atoms with Gasteiger partial charge >= 0.3 is 0 Å². The first kappa shape index (κ1) is 38.9. The molecule has 46 heavy (non-hydrogen) atoms. The van der Waals surface area contributed by atoms with E-state index < -0.39 is 0 Å². The van der Waals surface area contributed by atoms with E-state index in [-0.39, 0.29) is 16.5 Å². The van der Waals surface area contributed by atoms with Crippen molar-refractivity contribution in [2.24, 2.45) is 0 Å². The molecule has 0 N–H and O–H groups in total. The fourth-order valence-electron chi connectivity index (χ4n) is 5.32. The second kappa shape index (κ2) is 19.4. The van der Waals surface area contributed by atoms with Crippen LogP contribution in [0.5, 0.6) is 0 Å². The summed E-state index contributed by atoms with van der Waals surface area (Å²) in [6.45, 7) is 29.1. The van der Waals surface area contributed by atoms with Crippen LogP contribution in [0, 0.1) is 33.4 Å². The molecule has 1 aliphatic rings. The minimum absolute atomic E-state index is 0. The van der Waals surface area contributed by atoms with Gasteiger partial charge in [0.25, 0.3) is 0 Å². The van der Waals surface area contributed by atoms with Crippen molar-refractivity contribution in [2.45, 2.75) is 79.1 Å². The third-order valence-electron chi connectivity index (χ3n) is 7.82. The second-order valence-electron chi connectivity index (χ2n) is 12.6. The van der Waals surface area contributed by atoms with Crippen molar-refractivity contribution < 1.29 is 16.5 Å². The number of anilines is 2. The fraction of sp³-hybridized carbons (Fsp3) is 0.279. The Morgan fingerprint density at radius 2 is 0.739 bits per heavy atom. The predicted molar refractivity (Wildman–Crippen MR) is 197 cm³/mol. The molecule has 0 atom stereocenters. The maximum atomic E-state index is 3.66. The standard InChI is InChI=1S/C27H36N2.2C8H8.Ni/c1-18(2)22-11-9-12-23(19(3)4)26(22)28-15-16-29(17-28)27-24(20(5)6)13-10-14-25(27)21(7)8;2*1-2-8-6-4-3-5-7-8;/h9-16,18-21H,1-8H3;2*2-7H,1H2;. The van der Waals surface area contributed by atoms with Crippen molar-refractivity contribution in [1.82, 2.24) is 0 Å². The molecule has 0 amide bonds. The number of hydrogen-bond donors (Lipinski definition) is 0. The predicted octanol–water partition coefficient (Wildman–Crippen LogP) is 12.1. The van der Waals surface area contributed by atoms with E-state index in [2.05, 4.69) is 135 Å². The molecule has 6 radical (unpaired) electrons. The van der Waals surface area contributed by atoms with Crippen molar-refractivity contribution in [1.29, 1.82) is 0 Å². The van der Waals surface area contributed by atoms with E-state index in [1.807, 2.05) is 73.5 Å². The minimum Gasteiger partial charge on any atom is -0.315 e. The first-order valence-corrected chi connectivity index (χ1v) is 16.2. The summed E-state index contributed by atoms with van der Waals surface area (Å²) in [5.41, 5.74) is 10.4. The van der Waals surface area contributed by atoms with Crippen LogP contribution in [0.25, 0.3) is 0 Å². The van der Waals surface area contributed by atoms with Gasteiger partial charge in [-0.1, -0.05) is 152 Å². The molecule has 0 aromatic heterocycles. The van der Waals surface area contributed by atoms with Crippen LogP contribution in [-0.4, -0.2) is 0 Å². The van der Waals surface area contributed by atoms with E-state index in [1.54, 1.807) is 0 Å². The van der Waals surface area contributed by atoms with E-state index in [0.29, 0.717) is 23.7 Å². The Morgan fingerprint density at radius 3 is 0.957 bits per heavy atom. The number of nitrogens with zero attached hydrogens (tertiary/aromatic N) is 2. The zero-order chi connectivity index (χ0) is 32.9. The van der Waals surface area contributed by atoms with Gasteiger partial charge in [-0.25, -0.2) is 0 Å². The monoisotopic (exact) mass is 654 g/mol. The maximum Gasteiger partial charge on any atom is 0.217 e. The van der Waals surface area contributed by atoms with Crippen LogP contribution in [0.1, 0.15) is 112 Å². The van der Waals surface area contributed by atoms with Crippen LogP contribution in [-0.2, 0) is 16.5 Å². The molecule has 0 unspecified atom stereocenters. The summed E-state index contributed by atoms with van der Waals surface area (Å²) in [5.74, 6) is 1.84. The van der Waals surface area contributed by atoms with Gasteiger partial charge in [0.2, 0.25) is 6.67 Å². The van der Waals surface area contributed by atoms with Gasteiger partial charge in [0.15, 0.2) is 0 Å². The quantitative estimate of drug-likeness (QED) is 0.174. The topological polar surface area (TPSA) is 6.48 Å². The van der Waals surface area contributed by atoms with Crippen LogP contribution in [0.15, 0.2) is 109 Å². The van der Waals surface area contributed by atoms with Crippen LogP contribution < -0.4 is 9.80 Å². The zero-order valence-corrected chi connectivity index (χ0v) is 30.0. The summed E-state index contributed by atoms with van der Waals surface area (Å²) in [6.07, 6.45) is 7.99. The van der Waals surface area contributed by atoms with Gasteiger partial charge in [-0.15, -0.1) is 0 Å². The summed E-state index contributed by atoms with van der Waals surface area (Å²) in [6, 6.07) is 33.5. The first-order valence-electron chi connectivity index (χ1n) is 16.2. The average molecular weight is 656 g/mol. The molecule has 0 bridgehead atoms. The second-order valence-corrected chi connectivity index (χ2v) is 12.6. The normalized spacial score (nSPS) is 12.2. The van der Waals surface area contributed by atoms with Crippen molar-refractivity contribution in [3.8, 4) is 0 Å². The molecular weight excluding hydrogens is 603 g/mol. The van der Waals surface area contributed by atoms with Crippen molar-refractivity contribution in [3.05, 3.63) is 176 Å². The Kier molecular flexibility index (Phi) is 16.4. The van der Waals surface area contributed by atoms with Gasteiger partial charge in [0, 0.05) is 28.9 Å². The van der Waals surface area contributed by atoms with Crippen molar-refractivity contribution in [2.75, 3.05) is 9.80 Å². The number of para-hydroxylation sites is 2. The average Bonchev–Trinajstić information content (AvgIpc) is 3.55. The summed E-state index contributed by atoms with van der Waals surface area (Å²) in [4.78, 5) is 4.40. The molecule has 0 fully saturated rings. The number of rotatable bonds is 8. The van der Waals surface area contributed by atoms with Gasteiger partial charge in [0.1, 0.15) is 0 Å². The summed E-state index contributed by atoms with van der Waals surface area (Å²) in [7, 11) is 0. The first-order chi connectivity index (χ1) is 21.6. The molecular formula is C43H52N2Ni. The molecule has 0 aliphatic carbocycles. The SMILES string of the molecule is CC(C)c1cccc(C(C)C)c1N1[C]N(c2c(C(C)C)cccc2C(C)C)C=C1.[CH2][CH]c1ccccc1.[CH2][CH]c1ccccc1.[Ni]. The van der Waals surface area contributed by atoms with E-state index in [1.165, 1.54) is 44.8 Å². The van der Waals surface area contributed by atoms with E-state index >= 15 is 0 Å². The van der Waals surface area contributed by atoms with E-state index in [4.69, 9.17) is 0 Å². The molecule has 5 rings (SSSR count). The third-order valence-corrected chi connectivity index (χ3v) is 7.82. The van der Waals surface area contributed by atoms with E-state index in [9.17, 15) is 0 Å². The molecule has 0 spiro atoms. The largest absolute Gasteiger partial charge is 0.315 e. The van der Waals surface area contributed by atoms with Crippen LogP contribution in [0.4, 0.5) is 11.4 Å². The van der Waals surface area contributed by atoms with Crippen molar-refractivity contribution in [3.63, 3.8) is 0 Å². The Hall–Kier alpha value is -3.29. The molecule has 4 aromatic rings. The Labute approximate surface area is 291 Å². The van der Waals surface area contributed by atoms with Crippen LogP contribution in [0.3, 0.4) is 0 Å². The fourth-order valence-corrected chi connectivity index (χ4v) is 5.32. The van der Waals surface area contributed by atoms with Crippen LogP contribution >= 0.6 is 0 Å². The molecule has 244 valence electrons. The van der Waals surface area contributed by atoms with E-state index in [0.717, 1.165) is 0 Å². The minimum atomic E-state index is 0. The number of benzene rings is 4. The summed E-state index contributed by atoms with van der Waals surface area (Å²) >= 11 is 0. The Bertz CT molecular complexity index is 1290. The number of hydrogen-bond acceptors (Lipinski definition) is 2. The van der Waals surface area contributed by atoms with Gasteiger partial charge in [-0.3, -0.25) is 0 Å². The maximum absolute atomic E-state index is 3.66. The Balaban J connectivity index is 0.000000352. The summed E-state index contributed by atoms with van der Waals surface area (Å²) < 4.78 is 0. The Morgan fingerprint density at radius 1 is 0.457 bits per heavy atom. The summed E-state index contributed by atoms with van der Waals surface area (Å²) in [5, 5.41) is 0. The van der Waals surface area contributed by atoms with Gasteiger partial charge in [-0.2, -0.15) is 0 Å². The molecule has 2 nitrogen and oxygen atoms in total. The third kappa shape index (κ3) is 10.6. The van der Waals surface area contributed by atoms with Crippen molar-refractivity contribution >= 4 is 11.4 Å². The van der Waals surface area contributed by atoms with Gasteiger partial charge in [0.05, 0.1) is 11.4 Å². The molecule has 0 saturated heterocycles. The van der Waals surface area contributed by atoms with Gasteiger partial charge < -0.3 is 9.80 Å².